The van der Waals surface area contributed by atoms with E-state index >= 15 is 0 Å². The summed E-state index contributed by atoms with van der Waals surface area (Å²) in [6.07, 6.45) is 33.7. The van der Waals surface area contributed by atoms with Gasteiger partial charge in [-0.1, -0.05) is 148 Å². The van der Waals surface area contributed by atoms with Crippen LogP contribution in [-0.4, -0.2) is 12.1 Å². The Morgan fingerprint density at radius 1 is 0.818 bits per heavy atom. The molecule has 2 nitrogen and oxygen atoms in total. The third-order valence-electron chi connectivity index (χ3n) is 13.3. The van der Waals surface area contributed by atoms with E-state index in [9.17, 15) is 4.79 Å². The summed E-state index contributed by atoms with van der Waals surface area (Å²) in [4.78, 5) is 12.7. The summed E-state index contributed by atoms with van der Waals surface area (Å²) < 4.78 is 6.09. The number of hydrogen-bond acceptors (Lipinski definition) is 2. The Balaban J connectivity index is 1.24. The summed E-state index contributed by atoms with van der Waals surface area (Å²) >= 11 is 0. The Labute approximate surface area is 273 Å². The number of allylic oxidation sites excluding steroid dienone is 5. The second-order valence-corrected chi connectivity index (χ2v) is 16.6. The van der Waals surface area contributed by atoms with Crippen LogP contribution in [0.3, 0.4) is 0 Å². The molecule has 0 aliphatic heterocycles. The van der Waals surface area contributed by atoms with Gasteiger partial charge in [-0.3, -0.25) is 4.79 Å². The highest BCUT2D eigenvalue weighted by Gasteiger charge is 2.57. The minimum atomic E-state index is 0.0403. The largest absolute Gasteiger partial charge is 0.462 e. The normalized spacial score (nSPS) is 32.9. The van der Waals surface area contributed by atoms with Crippen molar-refractivity contribution in [2.45, 2.75) is 177 Å². The Bertz CT molecular complexity index is 1000. The summed E-state index contributed by atoms with van der Waals surface area (Å²) in [7, 11) is 0. The lowest BCUT2D eigenvalue weighted by Gasteiger charge is -2.55. The lowest BCUT2D eigenvalue weighted by atomic mass is 9.50. The molecule has 0 aromatic rings. The van der Waals surface area contributed by atoms with E-state index in [1.807, 2.05) is 0 Å². The first-order valence-corrected chi connectivity index (χ1v) is 19.4. The molecule has 0 bridgehead atoms. The van der Waals surface area contributed by atoms with Gasteiger partial charge in [0, 0.05) is 12.8 Å². The first-order chi connectivity index (χ1) is 21.1. The molecule has 4 aliphatic rings. The highest BCUT2D eigenvalue weighted by molar-refractivity contribution is 5.69. The smallest absolute Gasteiger partial charge is 0.306 e. The monoisotopic (exact) mass is 607 g/mol. The highest BCUT2D eigenvalue weighted by Crippen LogP contribution is 2.66. The van der Waals surface area contributed by atoms with E-state index in [-0.39, 0.29) is 17.5 Å². The molecule has 0 heterocycles. The van der Waals surface area contributed by atoms with Gasteiger partial charge in [0.25, 0.3) is 0 Å². The molecule has 0 N–H and O–H groups in total. The molecule has 0 aromatic carbocycles. The molecular formula is C42H70O2. The van der Waals surface area contributed by atoms with Crippen LogP contribution in [-0.2, 0) is 9.53 Å². The molecule has 0 saturated heterocycles. The van der Waals surface area contributed by atoms with Gasteiger partial charge in [-0.05, 0) is 91.3 Å². The quantitative estimate of drug-likeness (QED) is 0.0935. The minimum absolute atomic E-state index is 0.0403. The van der Waals surface area contributed by atoms with E-state index in [1.165, 1.54) is 89.9 Å². The molecule has 0 amide bonds. The summed E-state index contributed by atoms with van der Waals surface area (Å²) in [5, 5.41) is 0. The van der Waals surface area contributed by atoms with Crippen LogP contribution in [0, 0.1) is 46.3 Å². The minimum Gasteiger partial charge on any atom is -0.462 e. The Morgan fingerprint density at radius 3 is 2.14 bits per heavy atom. The Morgan fingerprint density at radius 2 is 1.48 bits per heavy atom. The van der Waals surface area contributed by atoms with Crippen LogP contribution in [0.25, 0.3) is 0 Å². The standard InChI is InChI=1S/C42H70O2/c1-8-9-10-11-12-13-14-15-16-17-18-19-40(43)44-35-26-28-41(6)34(30-35)22-23-36-38-25-24-37(42(38,7)29-27-39(36)41)33(5)21-20-32(4)31(2)3/h20-23,31-33,35,37-39H,8-19,24-30H2,1-7H3. The molecule has 250 valence electrons. The van der Waals surface area contributed by atoms with Crippen molar-refractivity contribution in [2.75, 3.05) is 0 Å². The van der Waals surface area contributed by atoms with Gasteiger partial charge in [0.15, 0.2) is 0 Å². The fraction of sp³-hybridized carbons (Fsp3) is 0.833. The van der Waals surface area contributed by atoms with Crippen LogP contribution < -0.4 is 0 Å². The van der Waals surface area contributed by atoms with Crippen LogP contribution >= 0.6 is 0 Å². The first kappa shape index (κ1) is 35.5. The molecular weight excluding hydrogens is 536 g/mol. The second kappa shape index (κ2) is 16.5. The molecule has 0 radical (unpaired) electrons. The Kier molecular flexibility index (Phi) is 13.3. The van der Waals surface area contributed by atoms with E-state index < -0.39 is 0 Å². The topological polar surface area (TPSA) is 26.3 Å². The van der Waals surface area contributed by atoms with Gasteiger partial charge in [0.1, 0.15) is 6.10 Å². The molecule has 0 spiro atoms. The molecule has 4 rings (SSSR count). The zero-order chi connectivity index (χ0) is 31.7. The maximum absolute atomic E-state index is 12.7. The number of ether oxygens (including phenoxy) is 1. The average molecular weight is 607 g/mol. The van der Waals surface area contributed by atoms with Gasteiger partial charge < -0.3 is 4.74 Å². The van der Waals surface area contributed by atoms with E-state index in [4.69, 9.17) is 4.74 Å². The lowest BCUT2D eigenvalue weighted by Crippen LogP contribution is -2.46. The zero-order valence-electron chi connectivity index (χ0n) is 30.1. The van der Waals surface area contributed by atoms with Crippen molar-refractivity contribution in [2.24, 2.45) is 46.3 Å². The van der Waals surface area contributed by atoms with Gasteiger partial charge in [-0.25, -0.2) is 0 Å². The van der Waals surface area contributed by atoms with Crippen LogP contribution in [0.15, 0.2) is 35.5 Å². The summed E-state index contributed by atoms with van der Waals surface area (Å²) in [5.41, 5.74) is 4.00. The van der Waals surface area contributed by atoms with E-state index in [0.29, 0.717) is 35.5 Å². The van der Waals surface area contributed by atoms with Gasteiger partial charge in [0.2, 0.25) is 0 Å². The van der Waals surface area contributed by atoms with Gasteiger partial charge in [-0.15, -0.1) is 0 Å². The highest BCUT2D eigenvalue weighted by atomic mass is 16.5. The number of unbranched alkanes of at least 4 members (excludes halogenated alkanes) is 10. The number of esters is 1. The van der Waals surface area contributed by atoms with Gasteiger partial charge in [-0.2, -0.15) is 0 Å². The molecule has 0 aromatic heterocycles. The van der Waals surface area contributed by atoms with Crippen molar-refractivity contribution in [3.8, 4) is 0 Å². The average Bonchev–Trinajstić information content (AvgIpc) is 3.36. The van der Waals surface area contributed by atoms with Crippen molar-refractivity contribution in [3.05, 3.63) is 35.5 Å². The van der Waals surface area contributed by atoms with Crippen molar-refractivity contribution >= 4 is 5.97 Å². The van der Waals surface area contributed by atoms with Crippen molar-refractivity contribution < 1.29 is 9.53 Å². The summed E-state index contributed by atoms with van der Waals surface area (Å²) in [5.74, 6) is 4.27. The predicted molar refractivity (Wildman–Crippen MR) is 188 cm³/mol. The van der Waals surface area contributed by atoms with E-state index in [2.05, 4.69) is 72.8 Å². The maximum atomic E-state index is 12.7. The lowest BCUT2D eigenvalue weighted by molar-refractivity contribution is -0.151. The molecule has 8 unspecified atom stereocenters. The summed E-state index contributed by atoms with van der Waals surface area (Å²) in [6, 6.07) is 0. The molecule has 44 heavy (non-hydrogen) atoms. The number of carbonyl (C=O) groups excluding carboxylic acids is 1. The van der Waals surface area contributed by atoms with Crippen molar-refractivity contribution in [1.29, 1.82) is 0 Å². The second-order valence-electron chi connectivity index (χ2n) is 16.6. The number of hydrogen-bond donors (Lipinski definition) is 0. The third kappa shape index (κ3) is 8.53. The zero-order valence-corrected chi connectivity index (χ0v) is 30.1. The number of rotatable bonds is 17. The van der Waals surface area contributed by atoms with Crippen molar-refractivity contribution in [3.63, 3.8) is 0 Å². The molecule has 2 heteroatoms. The van der Waals surface area contributed by atoms with Crippen LogP contribution in [0.4, 0.5) is 0 Å². The molecule has 3 saturated carbocycles. The van der Waals surface area contributed by atoms with Gasteiger partial charge in [0.05, 0.1) is 0 Å². The third-order valence-corrected chi connectivity index (χ3v) is 13.3. The molecule has 8 atom stereocenters. The van der Waals surface area contributed by atoms with Crippen LogP contribution in [0.5, 0.6) is 0 Å². The molecule has 3 fully saturated rings. The van der Waals surface area contributed by atoms with Crippen LogP contribution in [0.1, 0.15) is 170 Å². The first-order valence-electron chi connectivity index (χ1n) is 19.4. The van der Waals surface area contributed by atoms with Gasteiger partial charge >= 0.3 is 5.97 Å². The van der Waals surface area contributed by atoms with Crippen molar-refractivity contribution in [1.82, 2.24) is 0 Å². The van der Waals surface area contributed by atoms with E-state index in [1.54, 1.807) is 11.1 Å². The fourth-order valence-corrected chi connectivity index (χ4v) is 9.86. The maximum Gasteiger partial charge on any atom is 0.306 e. The predicted octanol–water partition coefficient (Wildman–Crippen LogP) is 12.6. The van der Waals surface area contributed by atoms with E-state index in [0.717, 1.165) is 37.5 Å². The fourth-order valence-electron chi connectivity index (χ4n) is 9.86. The number of carbonyl (C=O) groups is 1. The molecule has 4 aliphatic carbocycles. The Hall–Kier alpha value is -1.31. The SMILES string of the molecule is CCCCCCCCCCCCCC(=O)OC1CCC2(C)C(=CC=C3C2CCC2(C)C3CCC2C(C)C=CC(C)C(C)C)C1. The summed E-state index contributed by atoms with van der Waals surface area (Å²) in [6.45, 7) is 17.0. The van der Waals surface area contributed by atoms with Crippen LogP contribution in [0.2, 0.25) is 0 Å². The number of fused-ring (bicyclic) bond motifs is 5.